The van der Waals surface area contributed by atoms with Crippen molar-refractivity contribution in [3.8, 4) is 5.75 Å². The Morgan fingerprint density at radius 2 is 1.59 bits per heavy atom. The van der Waals surface area contributed by atoms with E-state index in [1.54, 1.807) is 30.3 Å². The van der Waals surface area contributed by atoms with Crippen LogP contribution in [0.5, 0.6) is 5.75 Å². The molecule has 2 amide bonds. The number of anilines is 2. The number of aliphatic carboxylic acids is 1. The van der Waals surface area contributed by atoms with Crippen molar-refractivity contribution in [2.24, 2.45) is 5.92 Å². The lowest BCUT2D eigenvalue weighted by atomic mass is 10.1. The number of carboxylic acid groups (broad SMARTS) is 1. The zero-order valence-electron chi connectivity index (χ0n) is 20.5. The molecule has 1 heterocycles. The smallest absolute Gasteiger partial charge is 0.303 e. The lowest BCUT2D eigenvalue weighted by Gasteiger charge is -2.16. The Morgan fingerprint density at radius 1 is 0.892 bits per heavy atom. The van der Waals surface area contributed by atoms with E-state index in [9.17, 15) is 19.2 Å². The third kappa shape index (κ3) is 6.73. The van der Waals surface area contributed by atoms with Crippen LogP contribution in [0.3, 0.4) is 0 Å². The molecule has 192 valence electrons. The van der Waals surface area contributed by atoms with E-state index >= 15 is 0 Å². The van der Waals surface area contributed by atoms with Gasteiger partial charge in [0.15, 0.2) is 11.7 Å². The lowest BCUT2D eigenvalue weighted by Crippen LogP contribution is -2.34. The molecule has 1 aliphatic rings. The SMILES string of the molecule is O=C(O)CCCCCCCOc1ccc(NC(=O)C2C(=O)CN(c3ccc4ccccc4c3)C2=O)cc1. The number of benzene rings is 3. The van der Waals surface area contributed by atoms with Crippen LogP contribution in [0.4, 0.5) is 11.4 Å². The number of amides is 2. The number of unbranched alkanes of at least 4 members (excludes halogenated alkanes) is 4. The van der Waals surface area contributed by atoms with Gasteiger partial charge in [-0.05, 0) is 60.0 Å². The summed E-state index contributed by atoms with van der Waals surface area (Å²) < 4.78 is 5.72. The summed E-state index contributed by atoms with van der Waals surface area (Å²) in [4.78, 5) is 50.3. The average molecular weight is 503 g/mol. The van der Waals surface area contributed by atoms with Crippen LogP contribution in [0.1, 0.15) is 38.5 Å². The van der Waals surface area contributed by atoms with Gasteiger partial charge in [-0.25, -0.2) is 0 Å². The zero-order chi connectivity index (χ0) is 26.2. The van der Waals surface area contributed by atoms with Crippen LogP contribution < -0.4 is 15.0 Å². The third-order valence-corrected chi connectivity index (χ3v) is 6.38. The predicted octanol–water partition coefficient (Wildman–Crippen LogP) is 4.81. The Hall–Kier alpha value is -4.20. The molecule has 8 nitrogen and oxygen atoms in total. The molecule has 1 unspecified atom stereocenters. The highest BCUT2D eigenvalue weighted by Crippen LogP contribution is 2.28. The Bertz CT molecular complexity index is 1290. The molecule has 0 aliphatic carbocycles. The molecule has 0 saturated carbocycles. The fourth-order valence-corrected chi connectivity index (χ4v) is 4.39. The number of ether oxygens (including phenoxy) is 1. The second-order valence-electron chi connectivity index (χ2n) is 9.13. The first-order chi connectivity index (χ1) is 17.9. The van der Waals surface area contributed by atoms with Crippen molar-refractivity contribution in [3.05, 3.63) is 66.7 Å². The van der Waals surface area contributed by atoms with Crippen molar-refractivity contribution in [1.29, 1.82) is 0 Å². The van der Waals surface area contributed by atoms with Crippen LogP contribution >= 0.6 is 0 Å². The molecule has 3 aromatic rings. The summed E-state index contributed by atoms with van der Waals surface area (Å²) in [5.41, 5.74) is 1.06. The number of nitrogens with zero attached hydrogens (tertiary/aromatic N) is 1. The number of carbonyl (C=O) groups is 4. The van der Waals surface area contributed by atoms with Crippen LogP contribution in [0, 0.1) is 5.92 Å². The van der Waals surface area contributed by atoms with Gasteiger partial charge in [0.05, 0.1) is 13.2 Å². The van der Waals surface area contributed by atoms with Gasteiger partial charge in [0, 0.05) is 17.8 Å². The molecule has 0 bridgehead atoms. The molecule has 1 saturated heterocycles. The number of rotatable bonds is 12. The van der Waals surface area contributed by atoms with E-state index < -0.39 is 29.5 Å². The number of nitrogens with one attached hydrogen (secondary N) is 1. The minimum absolute atomic E-state index is 0.137. The predicted molar refractivity (Wildman–Crippen MR) is 141 cm³/mol. The molecule has 2 N–H and O–H groups in total. The molecule has 37 heavy (non-hydrogen) atoms. The number of ketones is 1. The van der Waals surface area contributed by atoms with Crippen LogP contribution in [0.25, 0.3) is 10.8 Å². The van der Waals surface area contributed by atoms with Crippen molar-refractivity contribution in [3.63, 3.8) is 0 Å². The highest BCUT2D eigenvalue weighted by molar-refractivity contribution is 6.30. The minimum atomic E-state index is -1.38. The Morgan fingerprint density at radius 3 is 2.35 bits per heavy atom. The van der Waals surface area contributed by atoms with Crippen LogP contribution in [-0.2, 0) is 19.2 Å². The molecule has 4 rings (SSSR count). The molecule has 1 atom stereocenters. The van der Waals surface area contributed by atoms with Crippen molar-refractivity contribution in [2.45, 2.75) is 38.5 Å². The molecule has 1 aliphatic heterocycles. The minimum Gasteiger partial charge on any atom is -0.494 e. The van der Waals surface area contributed by atoms with Crippen LogP contribution in [0.2, 0.25) is 0 Å². The first kappa shape index (κ1) is 25.9. The standard InChI is InChI=1S/C29H30N2O6/c32-25-19-31(23-14-11-20-8-5-6-9-21(20)18-23)29(36)27(25)28(35)30-22-12-15-24(16-13-22)37-17-7-3-1-2-4-10-26(33)34/h5-6,8-9,11-16,18,27H,1-4,7,10,17,19H2,(H,30,35)(H,33,34). The van der Waals surface area contributed by atoms with Gasteiger partial charge in [0.25, 0.3) is 0 Å². The number of carboxylic acids is 1. The van der Waals surface area contributed by atoms with Crippen molar-refractivity contribution in [1.82, 2.24) is 0 Å². The summed E-state index contributed by atoms with van der Waals surface area (Å²) in [7, 11) is 0. The summed E-state index contributed by atoms with van der Waals surface area (Å²) in [6, 6.07) is 20.1. The van der Waals surface area contributed by atoms with Gasteiger partial charge in [-0.15, -0.1) is 0 Å². The quantitative estimate of drug-likeness (QED) is 0.271. The van der Waals surface area contributed by atoms with E-state index in [-0.39, 0.29) is 13.0 Å². The second-order valence-corrected chi connectivity index (χ2v) is 9.13. The van der Waals surface area contributed by atoms with Crippen LogP contribution in [0.15, 0.2) is 66.7 Å². The molecule has 8 heteroatoms. The van der Waals surface area contributed by atoms with Crippen molar-refractivity contribution < 1.29 is 29.0 Å². The van der Waals surface area contributed by atoms with Gasteiger partial charge < -0.3 is 20.1 Å². The topological polar surface area (TPSA) is 113 Å². The van der Waals surface area contributed by atoms with Gasteiger partial charge in [-0.1, -0.05) is 49.6 Å². The Labute approximate surface area is 215 Å². The molecule has 0 radical (unpaired) electrons. The lowest BCUT2D eigenvalue weighted by molar-refractivity contribution is -0.137. The van der Waals surface area contributed by atoms with Crippen LogP contribution in [-0.4, -0.2) is 41.8 Å². The number of Topliss-reactive ketones (excluding diaryl/α,β-unsaturated/α-hetero) is 1. The molecular formula is C29H30N2O6. The number of hydrogen-bond donors (Lipinski definition) is 2. The van der Waals surface area contributed by atoms with E-state index in [0.717, 1.165) is 36.5 Å². The number of hydrogen-bond acceptors (Lipinski definition) is 5. The molecule has 0 spiro atoms. The maximum Gasteiger partial charge on any atom is 0.303 e. The van der Waals surface area contributed by atoms with Crippen molar-refractivity contribution in [2.75, 3.05) is 23.4 Å². The first-order valence-electron chi connectivity index (χ1n) is 12.5. The summed E-state index contributed by atoms with van der Waals surface area (Å²) in [6.07, 6.45) is 4.61. The molecule has 1 fully saturated rings. The molecule has 0 aromatic heterocycles. The summed E-state index contributed by atoms with van der Waals surface area (Å²) in [6.45, 7) is 0.405. The summed E-state index contributed by atoms with van der Waals surface area (Å²) in [5.74, 6) is -3.08. The van der Waals surface area contributed by atoms with E-state index in [4.69, 9.17) is 9.84 Å². The largest absolute Gasteiger partial charge is 0.494 e. The second kappa shape index (κ2) is 12.2. The Balaban J connectivity index is 1.26. The Kier molecular flexibility index (Phi) is 8.51. The number of carbonyl (C=O) groups excluding carboxylic acids is 3. The van der Waals surface area contributed by atoms with E-state index in [2.05, 4.69) is 5.32 Å². The van der Waals surface area contributed by atoms with E-state index in [1.165, 1.54) is 4.90 Å². The fourth-order valence-electron chi connectivity index (χ4n) is 4.39. The average Bonchev–Trinajstić information content (AvgIpc) is 3.19. The van der Waals surface area contributed by atoms with Gasteiger partial charge in [0.1, 0.15) is 5.75 Å². The van der Waals surface area contributed by atoms with Gasteiger partial charge in [0.2, 0.25) is 11.8 Å². The molecule has 3 aromatic carbocycles. The summed E-state index contributed by atoms with van der Waals surface area (Å²) >= 11 is 0. The molecular weight excluding hydrogens is 472 g/mol. The maximum atomic E-state index is 13.0. The van der Waals surface area contributed by atoms with E-state index in [0.29, 0.717) is 30.2 Å². The van der Waals surface area contributed by atoms with Crippen molar-refractivity contribution >= 4 is 45.7 Å². The number of fused-ring (bicyclic) bond motifs is 1. The highest BCUT2D eigenvalue weighted by Gasteiger charge is 2.44. The monoisotopic (exact) mass is 502 g/mol. The highest BCUT2D eigenvalue weighted by atomic mass is 16.5. The first-order valence-corrected chi connectivity index (χ1v) is 12.5. The summed E-state index contributed by atoms with van der Waals surface area (Å²) in [5, 5.41) is 13.3. The van der Waals surface area contributed by atoms with Gasteiger partial charge >= 0.3 is 5.97 Å². The fraction of sp³-hybridized carbons (Fsp3) is 0.310. The normalized spacial score (nSPS) is 15.2. The van der Waals surface area contributed by atoms with Gasteiger partial charge in [-0.2, -0.15) is 0 Å². The van der Waals surface area contributed by atoms with E-state index in [1.807, 2.05) is 36.4 Å². The van der Waals surface area contributed by atoms with Gasteiger partial charge in [-0.3, -0.25) is 19.2 Å². The third-order valence-electron chi connectivity index (χ3n) is 6.38. The zero-order valence-corrected chi connectivity index (χ0v) is 20.5. The maximum absolute atomic E-state index is 13.0.